The molecule has 3 fully saturated rings. The van der Waals surface area contributed by atoms with Crippen molar-refractivity contribution in [2.24, 2.45) is 23.2 Å². The predicted molar refractivity (Wildman–Crippen MR) is 127 cm³/mol. The highest BCUT2D eigenvalue weighted by Crippen LogP contribution is 2.60. The first-order valence-corrected chi connectivity index (χ1v) is 12.4. The van der Waals surface area contributed by atoms with E-state index in [0.29, 0.717) is 29.7 Å². The van der Waals surface area contributed by atoms with Crippen molar-refractivity contribution < 1.29 is 25.5 Å². The van der Waals surface area contributed by atoms with Crippen LogP contribution in [0.1, 0.15) is 79.1 Å². The van der Waals surface area contributed by atoms with E-state index in [-0.39, 0.29) is 17.9 Å². The maximum atomic E-state index is 10.8. The van der Waals surface area contributed by atoms with Gasteiger partial charge < -0.3 is 25.5 Å². The molecule has 8 atom stereocenters. The van der Waals surface area contributed by atoms with Crippen LogP contribution in [-0.4, -0.2) is 55.5 Å². The van der Waals surface area contributed by atoms with Crippen LogP contribution in [0.25, 0.3) is 0 Å². The molecule has 5 N–H and O–H groups in total. The zero-order chi connectivity index (χ0) is 23.8. The summed E-state index contributed by atoms with van der Waals surface area (Å²) in [5.74, 6) is 1.51. The summed E-state index contributed by atoms with van der Waals surface area (Å²) in [7, 11) is 0. The predicted octanol–water partition coefficient (Wildman–Crippen LogP) is 3.65. The third-order valence-corrected chi connectivity index (χ3v) is 8.55. The number of hydrogen-bond donors (Lipinski definition) is 5. The molecule has 0 aromatic carbocycles. The highest BCUT2D eigenvalue weighted by molar-refractivity contribution is 5.40. The fraction of sp³-hybridized carbons (Fsp3) is 0.778. The summed E-state index contributed by atoms with van der Waals surface area (Å²) in [5.41, 5.74) is 1.90. The molecule has 5 heteroatoms. The standard InChI is InChI=1S/C27H44O5/c1-16(7-6-12-26(3,4)32)21-10-11-22-19(13-20(28)15-27(21,22)5)9-8-18-14-23(29)25(31)24(30)17(18)2/h8-9,16,20-25,28-32H,2,6-7,10-15H2,1,3-5H3/b18-8-,19-9+/t16-,20+,21-,22+,23-,24-,25-,27-/m1/s1. The van der Waals surface area contributed by atoms with E-state index in [1.165, 1.54) is 5.57 Å². The topological polar surface area (TPSA) is 101 Å². The summed E-state index contributed by atoms with van der Waals surface area (Å²) in [6.07, 6.45) is 7.23. The zero-order valence-electron chi connectivity index (χ0n) is 20.3. The summed E-state index contributed by atoms with van der Waals surface area (Å²) in [4.78, 5) is 0. The van der Waals surface area contributed by atoms with E-state index < -0.39 is 23.9 Å². The van der Waals surface area contributed by atoms with E-state index >= 15 is 0 Å². The van der Waals surface area contributed by atoms with Crippen LogP contribution in [0.4, 0.5) is 0 Å². The quantitative estimate of drug-likeness (QED) is 0.427. The molecule has 0 spiro atoms. The Labute approximate surface area is 193 Å². The van der Waals surface area contributed by atoms with E-state index in [4.69, 9.17) is 0 Å². The van der Waals surface area contributed by atoms with Gasteiger partial charge in [-0.15, -0.1) is 0 Å². The molecule has 3 saturated carbocycles. The van der Waals surface area contributed by atoms with Crippen LogP contribution in [-0.2, 0) is 0 Å². The number of aliphatic hydroxyl groups excluding tert-OH is 4. The Morgan fingerprint density at radius 3 is 2.47 bits per heavy atom. The molecule has 0 bridgehead atoms. The van der Waals surface area contributed by atoms with E-state index in [2.05, 4.69) is 26.5 Å². The number of allylic oxidation sites excluding steroid dienone is 2. The summed E-state index contributed by atoms with van der Waals surface area (Å²) >= 11 is 0. The lowest BCUT2D eigenvalue weighted by Crippen LogP contribution is -2.43. The minimum absolute atomic E-state index is 0.0505. The third-order valence-electron chi connectivity index (χ3n) is 8.55. The monoisotopic (exact) mass is 448 g/mol. The van der Waals surface area contributed by atoms with Crippen molar-refractivity contribution in [3.8, 4) is 0 Å². The van der Waals surface area contributed by atoms with Crippen molar-refractivity contribution in [1.82, 2.24) is 0 Å². The van der Waals surface area contributed by atoms with Crippen LogP contribution >= 0.6 is 0 Å². The van der Waals surface area contributed by atoms with E-state index in [1.54, 1.807) is 0 Å². The van der Waals surface area contributed by atoms with Crippen molar-refractivity contribution in [2.45, 2.75) is 109 Å². The molecule has 0 saturated heterocycles. The first kappa shape index (κ1) is 25.6. The molecule has 0 amide bonds. The lowest BCUT2D eigenvalue weighted by molar-refractivity contribution is -0.0530. The van der Waals surface area contributed by atoms with Gasteiger partial charge in [-0.2, -0.15) is 0 Å². The third kappa shape index (κ3) is 5.39. The average Bonchev–Trinajstić information content (AvgIpc) is 3.03. The number of rotatable bonds is 6. The Kier molecular flexibility index (Phi) is 7.78. The minimum atomic E-state index is -1.19. The molecular weight excluding hydrogens is 404 g/mol. The van der Waals surface area contributed by atoms with Crippen LogP contribution in [0.5, 0.6) is 0 Å². The second-order valence-corrected chi connectivity index (χ2v) is 11.7. The molecule has 3 aliphatic carbocycles. The normalized spacial score (nSPS) is 41.8. The van der Waals surface area contributed by atoms with Gasteiger partial charge in [0, 0.05) is 6.42 Å². The average molecular weight is 449 g/mol. The fourth-order valence-corrected chi connectivity index (χ4v) is 6.80. The molecule has 182 valence electrons. The SMILES string of the molecule is C=C1/C(=C\C=C2/C[C@H](O)C[C@]3(C)[C@@H]([C@H](C)CCCC(C)(C)O)CC[C@@H]23)C[C@@H](O)[C@@H](O)[C@@H]1O. The van der Waals surface area contributed by atoms with Gasteiger partial charge in [-0.1, -0.05) is 51.0 Å². The number of hydrogen-bond acceptors (Lipinski definition) is 5. The first-order valence-electron chi connectivity index (χ1n) is 12.4. The molecule has 3 rings (SSSR count). The van der Waals surface area contributed by atoms with Gasteiger partial charge in [0.2, 0.25) is 0 Å². The van der Waals surface area contributed by atoms with E-state index in [0.717, 1.165) is 44.1 Å². The van der Waals surface area contributed by atoms with Crippen molar-refractivity contribution in [3.63, 3.8) is 0 Å². The maximum Gasteiger partial charge on any atom is 0.110 e. The van der Waals surface area contributed by atoms with Crippen LogP contribution in [0.3, 0.4) is 0 Å². The van der Waals surface area contributed by atoms with Gasteiger partial charge in [0.1, 0.15) is 12.2 Å². The van der Waals surface area contributed by atoms with Gasteiger partial charge in [-0.05, 0) is 80.3 Å². The highest BCUT2D eigenvalue weighted by Gasteiger charge is 2.52. The van der Waals surface area contributed by atoms with Crippen molar-refractivity contribution >= 4 is 0 Å². The Morgan fingerprint density at radius 2 is 1.81 bits per heavy atom. The molecule has 32 heavy (non-hydrogen) atoms. The Balaban J connectivity index is 1.76. The van der Waals surface area contributed by atoms with Crippen LogP contribution in [0.2, 0.25) is 0 Å². The van der Waals surface area contributed by atoms with E-state index in [1.807, 2.05) is 19.9 Å². The van der Waals surface area contributed by atoms with Gasteiger partial charge in [0.25, 0.3) is 0 Å². The number of aliphatic hydroxyl groups is 5. The minimum Gasteiger partial charge on any atom is -0.393 e. The van der Waals surface area contributed by atoms with E-state index in [9.17, 15) is 25.5 Å². The van der Waals surface area contributed by atoms with Gasteiger partial charge in [0.05, 0.1) is 17.8 Å². The number of fused-ring (bicyclic) bond motifs is 1. The molecule has 0 unspecified atom stereocenters. The smallest absolute Gasteiger partial charge is 0.110 e. The molecule has 0 aromatic heterocycles. The van der Waals surface area contributed by atoms with Crippen molar-refractivity contribution in [1.29, 1.82) is 0 Å². The molecule has 0 radical (unpaired) electrons. The largest absolute Gasteiger partial charge is 0.393 e. The zero-order valence-corrected chi connectivity index (χ0v) is 20.3. The second-order valence-electron chi connectivity index (χ2n) is 11.7. The van der Waals surface area contributed by atoms with Gasteiger partial charge in [0.15, 0.2) is 0 Å². The molecule has 0 heterocycles. The van der Waals surface area contributed by atoms with Gasteiger partial charge >= 0.3 is 0 Å². The maximum absolute atomic E-state index is 10.8. The molecular formula is C27H44O5. The highest BCUT2D eigenvalue weighted by atomic mass is 16.4. The molecule has 0 aromatic rings. The van der Waals surface area contributed by atoms with Crippen molar-refractivity contribution in [3.05, 3.63) is 35.5 Å². The molecule has 3 aliphatic rings. The Bertz CT molecular complexity index is 748. The van der Waals surface area contributed by atoms with Gasteiger partial charge in [-0.25, -0.2) is 0 Å². The lowest BCUT2D eigenvalue weighted by Gasteiger charge is -2.46. The summed E-state index contributed by atoms with van der Waals surface area (Å²) in [6.45, 7) is 12.3. The summed E-state index contributed by atoms with van der Waals surface area (Å²) < 4.78 is 0. The Hall–Kier alpha value is -0.980. The van der Waals surface area contributed by atoms with Crippen LogP contribution < -0.4 is 0 Å². The second kappa shape index (κ2) is 9.71. The Morgan fingerprint density at radius 1 is 1.12 bits per heavy atom. The molecule has 0 aliphatic heterocycles. The fourth-order valence-electron chi connectivity index (χ4n) is 6.80. The summed E-state index contributed by atoms with van der Waals surface area (Å²) in [5, 5.41) is 50.9. The summed E-state index contributed by atoms with van der Waals surface area (Å²) in [6, 6.07) is 0. The van der Waals surface area contributed by atoms with Gasteiger partial charge in [-0.3, -0.25) is 0 Å². The molecule has 5 nitrogen and oxygen atoms in total. The first-order chi connectivity index (χ1) is 14.8. The van der Waals surface area contributed by atoms with Crippen LogP contribution in [0, 0.1) is 23.2 Å². The lowest BCUT2D eigenvalue weighted by atomic mass is 9.60. The van der Waals surface area contributed by atoms with Crippen LogP contribution in [0.15, 0.2) is 35.5 Å². The van der Waals surface area contributed by atoms with Crippen molar-refractivity contribution in [2.75, 3.05) is 0 Å².